The van der Waals surface area contributed by atoms with Crippen LogP contribution in [0.2, 0.25) is 5.02 Å². The maximum Gasteiger partial charge on any atom is 0.243 e. The predicted molar refractivity (Wildman–Crippen MR) is 93.7 cm³/mol. The largest absolute Gasteiger partial charge is 0.273 e. The maximum atomic E-state index is 12.3. The molecular formula is C19H19ClN2O. The van der Waals surface area contributed by atoms with Crippen molar-refractivity contribution >= 4 is 23.2 Å². The third-order valence-electron chi connectivity index (χ3n) is 4.15. The molecule has 1 N–H and O–H groups in total. The number of carbonyl (C=O) groups excluding carboxylic acids is 1. The van der Waals surface area contributed by atoms with Crippen LogP contribution in [0.15, 0.2) is 59.7 Å². The first-order valence-electron chi connectivity index (χ1n) is 7.86. The molecule has 0 bridgehead atoms. The molecule has 1 saturated carbocycles. The Morgan fingerprint density at radius 1 is 1.22 bits per heavy atom. The second kappa shape index (κ2) is 6.97. The van der Waals surface area contributed by atoms with Gasteiger partial charge in [-0.05, 0) is 42.0 Å². The molecular weight excluding hydrogens is 308 g/mol. The minimum atomic E-state index is -0.00756. The van der Waals surface area contributed by atoms with Crippen LogP contribution >= 0.6 is 11.6 Å². The van der Waals surface area contributed by atoms with Crippen LogP contribution in [-0.2, 0) is 4.79 Å². The number of hydrogen-bond donors (Lipinski definition) is 1. The molecule has 2 aromatic rings. The van der Waals surface area contributed by atoms with Gasteiger partial charge in [0.25, 0.3) is 0 Å². The monoisotopic (exact) mass is 326 g/mol. The minimum absolute atomic E-state index is 0.00756. The van der Waals surface area contributed by atoms with Gasteiger partial charge in [-0.15, -0.1) is 0 Å². The zero-order valence-electron chi connectivity index (χ0n) is 13.0. The Morgan fingerprint density at radius 2 is 2.00 bits per heavy atom. The molecule has 1 fully saturated rings. The van der Waals surface area contributed by atoms with E-state index in [0.717, 1.165) is 24.1 Å². The average molecular weight is 327 g/mol. The number of halogens is 1. The lowest BCUT2D eigenvalue weighted by atomic mass is 10.1. The van der Waals surface area contributed by atoms with Gasteiger partial charge >= 0.3 is 0 Å². The van der Waals surface area contributed by atoms with Gasteiger partial charge in [-0.1, -0.05) is 61.0 Å². The summed E-state index contributed by atoms with van der Waals surface area (Å²) in [4.78, 5) is 12.3. The van der Waals surface area contributed by atoms with Crippen LogP contribution < -0.4 is 5.43 Å². The third kappa shape index (κ3) is 3.80. The first kappa shape index (κ1) is 15.8. The van der Waals surface area contributed by atoms with E-state index in [0.29, 0.717) is 10.9 Å². The van der Waals surface area contributed by atoms with E-state index in [1.165, 1.54) is 5.56 Å². The van der Waals surface area contributed by atoms with Gasteiger partial charge in [0.15, 0.2) is 0 Å². The second-order valence-corrected chi connectivity index (χ2v) is 6.19. The zero-order valence-corrected chi connectivity index (χ0v) is 13.8. The van der Waals surface area contributed by atoms with Crippen molar-refractivity contribution in [1.82, 2.24) is 5.43 Å². The first-order chi connectivity index (χ1) is 11.2. The van der Waals surface area contributed by atoms with Gasteiger partial charge in [0, 0.05) is 10.9 Å². The molecule has 0 saturated heterocycles. The Labute approximate surface area is 141 Å². The lowest BCUT2D eigenvalue weighted by Crippen LogP contribution is -2.22. The highest BCUT2D eigenvalue weighted by atomic mass is 35.5. The lowest BCUT2D eigenvalue weighted by molar-refractivity contribution is -0.122. The molecule has 118 valence electrons. The van der Waals surface area contributed by atoms with Gasteiger partial charge < -0.3 is 0 Å². The number of hydrazone groups is 1. The molecule has 1 amide bonds. The standard InChI is InChI=1S/C19H19ClN2O/c1-2-18(14-9-6-10-15(20)11-14)21-22-19(23)17-12-16(17)13-7-4-3-5-8-13/h3-11,16-17H,2,12H2,1H3,(H,22,23)/b21-18-/t16-,17+/m0/s1. The van der Waals surface area contributed by atoms with Gasteiger partial charge in [0.2, 0.25) is 5.91 Å². The number of hydrogen-bond acceptors (Lipinski definition) is 2. The van der Waals surface area contributed by atoms with Gasteiger partial charge in [-0.25, -0.2) is 5.43 Å². The fraction of sp³-hybridized carbons (Fsp3) is 0.263. The lowest BCUT2D eigenvalue weighted by Gasteiger charge is -2.06. The van der Waals surface area contributed by atoms with E-state index in [9.17, 15) is 4.79 Å². The molecule has 0 aliphatic heterocycles. The van der Waals surface area contributed by atoms with Crippen molar-refractivity contribution in [3.63, 3.8) is 0 Å². The van der Waals surface area contributed by atoms with E-state index >= 15 is 0 Å². The summed E-state index contributed by atoms with van der Waals surface area (Å²) >= 11 is 6.01. The molecule has 0 spiro atoms. The molecule has 0 radical (unpaired) electrons. The Hall–Kier alpha value is -2.13. The highest BCUT2D eigenvalue weighted by Crippen LogP contribution is 2.47. The Bertz CT molecular complexity index is 727. The molecule has 4 heteroatoms. The van der Waals surface area contributed by atoms with E-state index in [1.807, 2.05) is 49.4 Å². The van der Waals surface area contributed by atoms with Crippen LogP contribution in [-0.4, -0.2) is 11.6 Å². The number of rotatable bonds is 5. The summed E-state index contributed by atoms with van der Waals surface area (Å²) in [6.45, 7) is 2.01. The quantitative estimate of drug-likeness (QED) is 0.643. The molecule has 23 heavy (non-hydrogen) atoms. The van der Waals surface area contributed by atoms with Crippen molar-refractivity contribution in [3.05, 3.63) is 70.7 Å². The molecule has 3 nitrogen and oxygen atoms in total. The smallest absolute Gasteiger partial charge is 0.243 e. The Balaban J connectivity index is 1.64. The molecule has 3 rings (SSSR count). The molecule has 1 aliphatic carbocycles. The predicted octanol–water partition coefficient (Wildman–Crippen LogP) is 4.37. The maximum absolute atomic E-state index is 12.3. The van der Waals surface area contributed by atoms with Crippen LogP contribution in [0.4, 0.5) is 0 Å². The van der Waals surface area contributed by atoms with E-state index in [4.69, 9.17) is 11.6 Å². The van der Waals surface area contributed by atoms with Crippen LogP contribution in [0.1, 0.15) is 36.8 Å². The van der Waals surface area contributed by atoms with Crippen molar-refractivity contribution in [1.29, 1.82) is 0 Å². The summed E-state index contributed by atoms with van der Waals surface area (Å²) in [5, 5.41) is 4.97. The third-order valence-corrected chi connectivity index (χ3v) is 4.38. The number of benzene rings is 2. The average Bonchev–Trinajstić information content (AvgIpc) is 3.37. The number of carbonyl (C=O) groups is 1. The molecule has 0 heterocycles. The number of nitrogens with one attached hydrogen (secondary N) is 1. The fourth-order valence-electron chi connectivity index (χ4n) is 2.77. The van der Waals surface area contributed by atoms with E-state index in [-0.39, 0.29) is 11.8 Å². The molecule has 2 atom stereocenters. The highest BCUT2D eigenvalue weighted by Gasteiger charge is 2.43. The summed E-state index contributed by atoms with van der Waals surface area (Å²) in [7, 11) is 0. The zero-order chi connectivity index (χ0) is 16.2. The molecule has 0 unspecified atom stereocenters. The van der Waals surface area contributed by atoms with Crippen molar-refractivity contribution in [2.24, 2.45) is 11.0 Å². The molecule has 0 aromatic heterocycles. The second-order valence-electron chi connectivity index (χ2n) is 5.76. The number of nitrogens with zero attached hydrogens (tertiary/aromatic N) is 1. The summed E-state index contributed by atoms with van der Waals surface area (Å²) < 4.78 is 0. The van der Waals surface area contributed by atoms with Crippen LogP contribution in [0, 0.1) is 5.92 Å². The van der Waals surface area contributed by atoms with E-state index in [2.05, 4.69) is 22.7 Å². The van der Waals surface area contributed by atoms with Crippen LogP contribution in [0.25, 0.3) is 0 Å². The molecule has 1 aliphatic rings. The molecule has 2 aromatic carbocycles. The van der Waals surface area contributed by atoms with Crippen molar-refractivity contribution in [2.75, 3.05) is 0 Å². The Kier molecular flexibility index (Phi) is 4.77. The van der Waals surface area contributed by atoms with E-state index in [1.54, 1.807) is 0 Å². The summed E-state index contributed by atoms with van der Waals surface area (Å²) in [5.74, 6) is 0.341. The SMILES string of the molecule is CC/C(=N/NC(=O)[C@@H]1C[C@H]1c1ccccc1)c1cccc(Cl)c1. The van der Waals surface area contributed by atoms with E-state index < -0.39 is 0 Å². The first-order valence-corrected chi connectivity index (χ1v) is 8.24. The van der Waals surface area contributed by atoms with Crippen molar-refractivity contribution in [3.8, 4) is 0 Å². The summed E-state index contributed by atoms with van der Waals surface area (Å²) in [6.07, 6.45) is 1.62. The fourth-order valence-corrected chi connectivity index (χ4v) is 2.96. The van der Waals surface area contributed by atoms with Gasteiger partial charge in [0.1, 0.15) is 0 Å². The van der Waals surface area contributed by atoms with Crippen LogP contribution in [0.3, 0.4) is 0 Å². The highest BCUT2D eigenvalue weighted by molar-refractivity contribution is 6.31. The number of amides is 1. The van der Waals surface area contributed by atoms with Gasteiger partial charge in [-0.2, -0.15) is 5.10 Å². The topological polar surface area (TPSA) is 41.5 Å². The normalized spacial score (nSPS) is 20.2. The van der Waals surface area contributed by atoms with Gasteiger partial charge in [-0.3, -0.25) is 4.79 Å². The Morgan fingerprint density at radius 3 is 2.70 bits per heavy atom. The van der Waals surface area contributed by atoms with Crippen molar-refractivity contribution < 1.29 is 4.79 Å². The minimum Gasteiger partial charge on any atom is -0.273 e. The van der Waals surface area contributed by atoms with Gasteiger partial charge in [0.05, 0.1) is 5.71 Å². The summed E-state index contributed by atoms with van der Waals surface area (Å²) in [5.41, 5.74) is 5.72. The van der Waals surface area contributed by atoms with Crippen molar-refractivity contribution in [2.45, 2.75) is 25.7 Å². The summed E-state index contributed by atoms with van der Waals surface area (Å²) in [6, 6.07) is 17.7. The van der Waals surface area contributed by atoms with Crippen LogP contribution in [0.5, 0.6) is 0 Å².